The number of carbonyl (C=O) groups excluding carboxylic acids is 1. The number of nitrogens with one attached hydrogen (secondary N) is 1. The maximum Gasteiger partial charge on any atom is 0.338 e. The minimum atomic E-state index is -0.320. The van der Waals surface area contributed by atoms with Crippen LogP contribution in [0.15, 0.2) is 42.5 Å². The summed E-state index contributed by atoms with van der Waals surface area (Å²) in [5.41, 5.74) is 2.40. The van der Waals surface area contributed by atoms with Crippen LogP contribution in [0.1, 0.15) is 22.8 Å². The molecule has 0 spiro atoms. The highest BCUT2D eigenvalue weighted by Gasteiger charge is 2.16. The van der Waals surface area contributed by atoms with Crippen LogP contribution >= 0.6 is 0 Å². The summed E-state index contributed by atoms with van der Waals surface area (Å²) in [6.07, 6.45) is 0. The third-order valence-electron chi connectivity index (χ3n) is 3.15. The number of hydrogen-bond donors (Lipinski definition) is 1. The van der Waals surface area contributed by atoms with E-state index in [0.29, 0.717) is 24.5 Å². The predicted molar refractivity (Wildman–Crippen MR) is 76.2 cm³/mol. The van der Waals surface area contributed by atoms with E-state index in [1.54, 1.807) is 25.1 Å². The highest BCUT2D eigenvalue weighted by Crippen LogP contribution is 2.36. The first-order chi connectivity index (χ1) is 9.78. The van der Waals surface area contributed by atoms with Crippen molar-refractivity contribution < 1.29 is 14.3 Å². The molecule has 0 atom stereocenters. The van der Waals surface area contributed by atoms with Gasteiger partial charge in [0.25, 0.3) is 0 Å². The van der Waals surface area contributed by atoms with Gasteiger partial charge >= 0.3 is 5.97 Å². The van der Waals surface area contributed by atoms with Gasteiger partial charge in [0.2, 0.25) is 0 Å². The maximum absolute atomic E-state index is 11.7. The molecule has 2 aromatic rings. The van der Waals surface area contributed by atoms with E-state index in [0.717, 1.165) is 17.0 Å². The van der Waals surface area contributed by atoms with Crippen molar-refractivity contribution in [2.24, 2.45) is 0 Å². The molecule has 4 nitrogen and oxygen atoms in total. The molecule has 1 aliphatic rings. The third kappa shape index (κ3) is 2.32. The molecule has 0 aromatic heterocycles. The average molecular weight is 269 g/mol. The number of esters is 1. The Balaban J connectivity index is 1.93. The summed E-state index contributed by atoms with van der Waals surface area (Å²) in [5, 5.41) is 3.29. The third-order valence-corrected chi connectivity index (χ3v) is 3.15. The van der Waals surface area contributed by atoms with Gasteiger partial charge in [-0.15, -0.1) is 0 Å². The van der Waals surface area contributed by atoms with Crippen LogP contribution in [0.3, 0.4) is 0 Å². The van der Waals surface area contributed by atoms with Gasteiger partial charge in [0.1, 0.15) is 5.75 Å². The highest BCUT2D eigenvalue weighted by atomic mass is 16.5. The highest BCUT2D eigenvalue weighted by molar-refractivity contribution is 5.91. The molecule has 1 heterocycles. The molecule has 0 bridgehead atoms. The van der Waals surface area contributed by atoms with E-state index in [1.807, 2.05) is 24.3 Å². The van der Waals surface area contributed by atoms with E-state index < -0.39 is 0 Å². The minimum Gasteiger partial charge on any atom is -0.462 e. The van der Waals surface area contributed by atoms with E-state index in [2.05, 4.69) is 5.32 Å². The molecule has 0 aliphatic carbocycles. The lowest BCUT2D eigenvalue weighted by molar-refractivity contribution is 0.0526. The SMILES string of the molecule is CCOC(=O)c1ccc2c(c1)NCc1ccccc1O2. The number of hydrogen-bond acceptors (Lipinski definition) is 4. The molecule has 1 N–H and O–H groups in total. The molecule has 0 amide bonds. The first-order valence-electron chi connectivity index (χ1n) is 6.58. The van der Waals surface area contributed by atoms with Crippen LogP contribution in [0.2, 0.25) is 0 Å². The van der Waals surface area contributed by atoms with Crippen molar-refractivity contribution in [2.75, 3.05) is 11.9 Å². The molecule has 3 rings (SSSR count). The second kappa shape index (κ2) is 5.25. The fourth-order valence-corrected chi connectivity index (χ4v) is 2.16. The second-order valence-corrected chi connectivity index (χ2v) is 4.49. The first-order valence-corrected chi connectivity index (χ1v) is 6.58. The Morgan fingerprint density at radius 2 is 2.10 bits per heavy atom. The zero-order chi connectivity index (χ0) is 13.9. The second-order valence-electron chi connectivity index (χ2n) is 4.49. The number of anilines is 1. The topological polar surface area (TPSA) is 47.6 Å². The smallest absolute Gasteiger partial charge is 0.338 e. The Morgan fingerprint density at radius 3 is 2.95 bits per heavy atom. The molecule has 102 valence electrons. The fraction of sp³-hybridized carbons (Fsp3) is 0.188. The molecule has 0 fully saturated rings. The maximum atomic E-state index is 11.7. The van der Waals surface area contributed by atoms with Crippen LogP contribution in [-0.4, -0.2) is 12.6 Å². The van der Waals surface area contributed by atoms with Gasteiger partial charge in [0, 0.05) is 12.1 Å². The van der Waals surface area contributed by atoms with E-state index in [-0.39, 0.29) is 5.97 Å². The van der Waals surface area contributed by atoms with E-state index in [4.69, 9.17) is 9.47 Å². The Hall–Kier alpha value is -2.49. The Labute approximate surface area is 117 Å². The molecule has 20 heavy (non-hydrogen) atoms. The van der Waals surface area contributed by atoms with Gasteiger partial charge in [-0.05, 0) is 31.2 Å². The van der Waals surface area contributed by atoms with Crippen LogP contribution in [0.5, 0.6) is 11.5 Å². The largest absolute Gasteiger partial charge is 0.462 e. The first kappa shape index (κ1) is 12.5. The molecule has 0 saturated carbocycles. The number of carbonyl (C=O) groups is 1. The molecule has 0 unspecified atom stereocenters. The number of rotatable bonds is 2. The van der Waals surface area contributed by atoms with Crippen molar-refractivity contribution in [3.63, 3.8) is 0 Å². The summed E-state index contributed by atoms with van der Waals surface area (Å²) in [4.78, 5) is 11.7. The van der Waals surface area contributed by atoms with Crippen molar-refractivity contribution in [2.45, 2.75) is 13.5 Å². The summed E-state index contributed by atoms with van der Waals surface area (Å²) in [6, 6.07) is 13.1. The lowest BCUT2D eigenvalue weighted by Gasteiger charge is -2.09. The Bertz CT molecular complexity index is 652. The molecular formula is C16H15NO3. The average Bonchev–Trinajstić information content (AvgIpc) is 2.65. The van der Waals surface area contributed by atoms with Gasteiger partial charge in [0.05, 0.1) is 17.9 Å². The number of benzene rings is 2. The zero-order valence-electron chi connectivity index (χ0n) is 11.2. The molecular weight excluding hydrogens is 254 g/mol. The van der Waals surface area contributed by atoms with E-state index in [1.165, 1.54) is 0 Å². The lowest BCUT2D eigenvalue weighted by atomic mass is 10.2. The van der Waals surface area contributed by atoms with Crippen molar-refractivity contribution in [3.8, 4) is 11.5 Å². The summed E-state index contributed by atoms with van der Waals surface area (Å²) >= 11 is 0. The molecule has 0 radical (unpaired) electrons. The van der Waals surface area contributed by atoms with Crippen LogP contribution < -0.4 is 10.1 Å². The molecule has 0 saturated heterocycles. The van der Waals surface area contributed by atoms with Crippen molar-refractivity contribution >= 4 is 11.7 Å². The number of para-hydroxylation sites is 1. The van der Waals surface area contributed by atoms with Gasteiger partial charge < -0.3 is 14.8 Å². The van der Waals surface area contributed by atoms with Gasteiger partial charge in [-0.1, -0.05) is 18.2 Å². The molecule has 4 heteroatoms. The van der Waals surface area contributed by atoms with Crippen LogP contribution in [-0.2, 0) is 11.3 Å². The van der Waals surface area contributed by atoms with Gasteiger partial charge in [-0.25, -0.2) is 4.79 Å². The van der Waals surface area contributed by atoms with E-state index in [9.17, 15) is 4.79 Å². The van der Waals surface area contributed by atoms with Crippen molar-refractivity contribution in [1.82, 2.24) is 0 Å². The lowest BCUT2D eigenvalue weighted by Crippen LogP contribution is -2.05. The number of fused-ring (bicyclic) bond motifs is 2. The normalized spacial score (nSPS) is 12.2. The minimum absolute atomic E-state index is 0.320. The summed E-state index contributed by atoms with van der Waals surface area (Å²) in [6.45, 7) is 2.82. The van der Waals surface area contributed by atoms with Gasteiger partial charge in [-0.2, -0.15) is 0 Å². The van der Waals surface area contributed by atoms with Gasteiger partial charge in [-0.3, -0.25) is 0 Å². The molecule has 1 aliphatic heterocycles. The monoisotopic (exact) mass is 269 g/mol. The van der Waals surface area contributed by atoms with Gasteiger partial charge in [0.15, 0.2) is 5.75 Å². The standard InChI is InChI=1S/C16H15NO3/c1-2-19-16(18)11-7-8-15-13(9-11)17-10-12-5-3-4-6-14(12)20-15/h3-9,17H,2,10H2,1H3. The number of ether oxygens (including phenoxy) is 2. The van der Waals surface area contributed by atoms with Crippen molar-refractivity contribution in [3.05, 3.63) is 53.6 Å². The van der Waals surface area contributed by atoms with Crippen LogP contribution in [0.4, 0.5) is 5.69 Å². The van der Waals surface area contributed by atoms with Crippen LogP contribution in [0.25, 0.3) is 0 Å². The summed E-state index contributed by atoms with van der Waals surface area (Å²) in [5.74, 6) is 1.23. The zero-order valence-corrected chi connectivity index (χ0v) is 11.2. The van der Waals surface area contributed by atoms with E-state index >= 15 is 0 Å². The molecule has 2 aromatic carbocycles. The van der Waals surface area contributed by atoms with Crippen molar-refractivity contribution in [1.29, 1.82) is 0 Å². The Kier molecular flexibility index (Phi) is 3.29. The summed E-state index contributed by atoms with van der Waals surface area (Å²) < 4.78 is 10.9. The Morgan fingerprint density at radius 1 is 1.25 bits per heavy atom. The fourth-order valence-electron chi connectivity index (χ4n) is 2.16. The summed E-state index contributed by atoms with van der Waals surface area (Å²) in [7, 11) is 0. The predicted octanol–water partition coefficient (Wildman–Crippen LogP) is 3.58. The van der Waals surface area contributed by atoms with Crippen LogP contribution in [0, 0.1) is 0 Å². The quantitative estimate of drug-likeness (QED) is 0.846.